The maximum atomic E-state index is 12.0. The molecule has 0 aliphatic heterocycles. The molecule has 27 heavy (non-hydrogen) atoms. The second-order valence-corrected chi connectivity index (χ2v) is 7.00. The summed E-state index contributed by atoms with van der Waals surface area (Å²) in [6.07, 6.45) is 1.62. The van der Waals surface area contributed by atoms with Crippen LogP contribution in [0.5, 0.6) is 5.75 Å². The van der Waals surface area contributed by atoms with Gasteiger partial charge in [0.05, 0.1) is 24.1 Å². The summed E-state index contributed by atoms with van der Waals surface area (Å²) in [5.41, 5.74) is 2.04. The zero-order valence-corrected chi connectivity index (χ0v) is 16.4. The Bertz CT molecular complexity index is 919. The largest absolute Gasteiger partial charge is 0.492 e. The van der Waals surface area contributed by atoms with E-state index in [4.69, 9.17) is 9.15 Å². The Morgan fingerprint density at radius 2 is 2.15 bits per heavy atom. The molecule has 0 aliphatic carbocycles. The fourth-order valence-corrected chi connectivity index (χ4v) is 3.28. The van der Waals surface area contributed by atoms with Crippen molar-refractivity contribution in [2.45, 2.75) is 19.0 Å². The molecule has 7 nitrogen and oxygen atoms in total. The molecular weight excluding hydrogens is 364 g/mol. The predicted octanol–water partition coefficient (Wildman–Crippen LogP) is 2.98. The lowest BCUT2D eigenvalue weighted by Gasteiger charge is -2.08. The van der Waals surface area contributed by atoms with E-state index in [2.05, 4.69) is 15.5 Å². The average molecular weight is 386 g/mol. The maximum Gasteiger partial charge on any atom is 0.230 e. The number of amides is 1. The average Bonchev–Trinajstić information content (AvgIpc) is 3.22. The van der Waals surface area contributed by atoms with E-state index in [0.717, 1.165) is 28.5 Å². The Hall–Kier alpha value is -2.74. The van der Waals surface area contributed by atoms with Gasteiger partial charge in [-0.15, -0.1) is 10.2 Å². The van der Waals surface area contributed by atoms with Crippen LogP contribution < -0.4 is 10.1 Å². The monoisotopic (exact) mass is 386 g/mol. The fourth-order valence-electron chi connectivity index (χ4n) is 2.54. The van der Waals surface area contributed by atoms with Gasteiger partial charge >= 0.3 is 0 Å². The summed E-state index contributed by atoms with van der Waals surface area (Å²) in [6, 6.07) is 9.68. The third kappa shape index (κ3) is 4.91. The van der Waals surface area contributed by atoms with Crippen LogP contribution in [0.15, 0.2) is 46.2 Å². The van der Waals surface area contributed by atoms with Crippen molar-refractivity contribution >= 4 is 17.7 Å². The smallest absolute Gasteiger partial charge is 0.230 e. The third-order valence-electron chi connectivity index (χ3n) is 3.95. The van der Waals surface area contributed by atoms with Crippen molar-refractivity contribution < 1.29 is 13.9 Å². The minimum atomic E-state index is -0.0723. The molecule has 0 unspecified atom stereocenters. The summed E-state index contributed by atoms with van der Waals surface area (Å²) in [4.78, 5) is 12.0. The van der Waals surface area contributed by atoms with Gasteiger partial charge in [-0.3, -0.25) is 4.79 Å². The summed E-state index contributed by atoms with van der Waals surface area (Å²) in [6.45, 7) is 4.76. The summed E-state index contributed by atoms with van der Waals surface area (Å²) in [7, 11) is 1.87. The van der Waals surface area contributed by atoms with E-state index in [9.17, 15) is 4.79 Å². The topological polar surface area (TPSA) is 82.2 Å². The van der Waals surface area contributed by atoms with Crippen molar-refractivity contribution in [2.75, 3.05) is 18.9 Å². The number of rotatable bonds is 8. The fraction of sp³-hybridized carbons (Fsp3) is 0.316. The summed E-state index contributed by atoms with van der Waals surface area (Å²) < 4.78 is 12.8. The molecule has 0 saturated carbocycles. The van der Waals surface area contributed by atoms with E-state index in [-0.39, 0.29) is 11.7 Å². The Morgan fingerprint density at radius 1 is 1.30 bits per heavy atom. The first-order valence-corrected chi connectivity index (χ1v) is 9.56. The first-order chi connectivity index (χ1) is 13.0. The number of furan rings is 1. The number of aromatic nitrogens is 3. The van der Waals surface area contributed by atoms with Gasteiger partial charge in [0.2, 0.25) is 5.91 Å². The Labute approximate surface area is 162 Å². The van der Waals surface area contributed by atoms with Gasteiger partial charge in [-0.25, -0.2) is 0 Å². The lowest BCUT2D eigenvalue weighted by atomic mass is 10.2. The van der Waals surface area contributed by atoms with Crippen LogP contribution in [0.3, 0.4) is 0 Å². The van der Waals surface area contributed by atoms with Crippen LogP contribution in [0.4, 0.5) is 0 Å². The highest BCUT2D eigenvalue weighted by Gasteiger charge is 2.15. The lowest BCUT2D eigenvalue weighted by Crippen LogP contribution is -2.29. The molecule has 142 valence electrons. The number of hydrogen-bond donors (Lipinski definition) is 1. The highest BCUT2D eigenvalue weighted by molar-refractivity contribution is 7.99. The molecule has 8 heteroatoms. The van der Waals surface area contributed by atoms with Crippen molar-refractivity contribution in [1.82, 2.24) is 20.1 Å². The van der Waals surface area contributed by atoms with E-state index >= 15 is 0 Å². The molecule has 1 amide bonds. The van der Waals surface area contributed by atoms with Crippen LogP contribution >= 0.6 is 11.8 Å². The molecule has 3 rings (SSSR count). The standard InChI is InChI=1S/C19H22N4O3S/c1-13-5-4-6-15(11-13)26-10-8-20-17(24)12-27-19-22-21-18(23(19)3)16-7-9-25-14(16)2/h4-7,9,11H,8,10,12H2,1-3H3,(H,20,24). The van der Waals surface area contributed by atoms with Gasteiger partial charge in [-0.05, 0) is 37.6 Å². The summed E-state index contributed by atoms with van der Waals surface area (Å²) in [5, 5.41) is 11.9. The van der Waals surface area contributed by atoms with E-state index < -0.39 is 0 Å². The van der Waals surface area contributed by atoms with Gasteiger partial charge in [0.15, 0.2) is 11.0 Å². The molecular formula is C19H22N4O3S. The third-order valence-corrected chi connectivity index (χ3v) is 4.97. The van der Waals surface area contributed by atoms with E-state index in [1.165, 1.54) is 11.8 Å². The van der Waals surface area contributed by atoms with Gasteiger partial charge in [0, 0.05) is 7.05 Å². The molecule has 0 aliphatic rings. The number of ether oxygens (including phenoxy) is 1. The first kappa shape index (κ1) is 19.0. The zero-order valence-electron chi connectivity index (χ0n) is 15.6. The molecule has 1 aromatic carbocycles. The Morgan fingerprint density at radius 3 is 2.89 bits per heavy atom. The molecule has 0 radical (unpaired) electrons. The second-order valence-electron chi connectivity index (χ2n) is 6.06. The molecule has 0 spiro atoms. The predicted molar refractivity (Wildman–Crippen MR) is 104 cm³/mol. The summed E-state index contributed by atoms with van der Waals surface area (Å²) >= 11 is 1.34. The molecule has 3 aromatic rings. The van der Waals surface area contributed by atoms with E-state index in [1.807, 2.05) is 55.8 Å². The van der Waals surface area contributed by atoms with Crippen LogP contribution in [0, 0.1) is 13.8 Å². The number of thioether (sulfide) groups is 1. The lowest BCUT2D eigenvalue weighted by molar-refractivity contribution is -0.118. The van der Waals surface area contributed by atoms with Gasteiger partial charge < -0.3 is 19.0 Å². The van der Waals surface area contributed by atoms with E-state index in [1.54, 1.807) is 6.26 Å². The van der Waals surface area contributed by atoms with Crippen LogP contribution in [0.2, 0.25) is 0 Å². The minimum Gasteiger partial charge on any atom is -0.492 e. The normalized spacial score (nSPS) is 10.8. The van der Waals surface area contributed by atoms with E-state index in [0.29, 0.717) is 18.3 Å². The van der Waals surface area contributed by atoms with Crippen LogP contribution in [-0.4, -0.2) is 39.6 Å². The first-order valence-electron chi connectivity index (χ1n) is 8.57. The van der Waals surface area contributed by atoms with Crippen molar-refractivity contribution in [1.29, 1.82) is 0 Å². The number of nitrogens with zero attached hydrogens (tertiary/aromatic N) is 3. The Kier molecular flexibility index (Phi) is 6.18. The van der Waals surface area contributed by atoms with Crippen molar-refractivity contribution in [3.63, 3.8) is 0 Å². The van der Waals surface area contributed by atoms with Crippen LogP contribution in [0.25, 0.3) is 11.4 Å². The van der Waals surface area contributed by atoms with Crippen LogP contribution in [0.1, 0.15) is 11.3 Å². The van der Waals surface area contributed by atoms with Gasteiger partial charge in [0.25, 0.3) is 0 Å². The maximum absolute atomic E-state index is 12.0. The van der Waals surface area contributed by atoms with Gasteiger partial charge in [0.1, 0.15) is 18.1 Å². The van der Waals surface area contributed by atoms with Crippen molar-refractivity contribution in [2.24, 2.45) is 7.05 Å². The summed E-state index contributed by atoms with van der Waals surface area (Å²) in [5.74, 6) is 2.50. The number of carbonyl (C=O) groups excluding carboxylic acids is 1. The highest BCUT2D eigenvalue weighted by Crippen LogP contribution is 2.25. The second kappa shape index (κ2) is 8.77. The molecule has 0 saturated heterocycles. The van der Waals surface area contributed by atoms with Crippen molar-refractivity contribution in [3.8, 4) is 17.1 Å². The number of nitrogens with one attached hydrogen (secondary N) is 1. The molecule has 2 aromatic heterocycles. The molecule has 0 bridgehead atoms. The number of benzene rings is 1. The highest BCUT2D eigenvalue weighted by atomic mass is 32.2. The van der Waals surface area contributed by atoms with Crippen molar-refractivity contribution in [3.05, 3.63) is 47.9 Å². The number of hydrogen-bond acceptors (Lipinski definition) is 6. The van der Waals surface area contributed by atoms with Crippen LogP contribution in [-0.2, 0) is 11.8 Å². The Balaban J connectivity index is 1.43. The zero-order chi connectivity index (χ0) is 19.2. The van der Waals surface area contributed by atoms with Gasteiger partial charge in [-0.2, -0.15) is 0 Å². The quantitative estimate of drug-likeness (QED) is 0.473. The van der Waals surface area contributed by atoms with Gasteiger partial charge in [-0.1, -0.05) is 23.9 Å². The molecule has 2 heterocycles. The number of aryl methyl sites for hydroxylation is 2. The molecule has 1 N–H and O–H groups in total. The SMILES string of the molecule is Cc1cccc(OCCNC(=O)CSc2nnc(-c3ccoc3C)n2C)c1. The molecule has 0 fully saturated rings. The number of carbonyl (C=O) groups is 1. The minimum absolute atomic E-state index is 0.0723. The molecule has 0 atom stereocenters.